The minimum Gasteiger partial charge on any atom is -0.496 e. The monoisotopic (exact) mass is 498 g/mol. The Morgan fingerprint density at radius 2 is 1.92 bits per heavy atom. The molecule has 1 atom stereocenters. The number of benzene rings is 2. The Morgan fingerprint density at radius 3 is 2.68 bits per heavy atom. The minimum absolute atomic E-state index is 0.122. The normalized spacial score (nSPS) is 15.4. The van der Waals surface area contributed by atoms with E-state index in [-0.39, 0.29) is 17.9 Å². The number of anilines is 1. The summed E-state index contributed by atoms with van der Waals surface area (Å²) in [4.78, 5) is 32.0. The van der Waals surface area contributed by atoms with Gasteiger partial charge in [-0.3, -0.25) is 14.7 Å². The Balaban J connectivity index is 1.53. The lowest BCUT2D eigenvalue weighted by molar-refractivity contribution is -0.118. The predicted molar refractivity (Wildman–Crippen MR) is 144 cm³/mol. The quantitative estimate of drug-likeness (QED) is 0.369. The van der Waals surface area contributed by atoms with Gasteiger partial charge in [-0.15, -0.1) is 0 Å². The van der Waals surface area contributed by atoms with E-state index in [2.05, 4.69) is 25.8 Å². The van der Waals surface area contributed by atoms with Crippen LogP contribution in [0.5, 0.6) is 5.75 Å². The third-order valence-corrected chi connectivity index (χ3v) is 6.66. The second kappa shape index (κ2) is 10.4. The van der Waals surface area contributed by atoms with Crippen molar-refractivity contribution in [3.8, 4) is 28.1 Å². The molecule has 0 aliphatic carbocycles. The molecule has 2 aromatic heterocycles. The van der Waals surface area contributed by atoms with Crippen molar-refractivity contribution in [2.75, 3.05) is 33.1 Å². The van der Waals surface area contributed by atoms with E-state index >= 15 is 0 Å². The number of para-hydroxylation sites is 1. The van der Waals surface area contributed by atoms with Gasteiger partial charge in [-0.2, -0.15) is 5.10 Å². The summed E-state index contributed by atoms with van der Waals surface area (Å²) >= 11 is 0. The summed E-state index contributed by atoms with van der Waals surface area (Å²) in [6, 6.07) is 14.9. The van der Waals surface area contributed by atoms with Gasteiger partial charge in [0.2, 0.25) is 5.91 Å². The van der Waals surface area contributed by atoms with Gasteiger partial charge in [0, 0.05) is 36.8 Å². The van der Waals surface area contributed by atoms with Gasteiger partial charge in [0.1, 0.15) is 5.75 Å². The molecule has 2 aromatic carbocycles. The molecule has 0 saturated carbocycles. The van der Waals surface area contributed by atoms with E-state index in [1.54, 1.807) is 39.5 Å². The number of rotatable bonds is 6. The lowest BCUT2D eigenvalue weighted by Gasteiger charge is -2.23. The topological polar surface area (TPSA) is 112 Å². The van der Waals surface area contributed by atoms with Crippen molar-refractivity contribution < 1.29 is 14.3 Å². The zero-order chi connectivity index (χ0) is 25.9. The average Bonchev–Trinajstić information content (AvgIpc) is 3.36. The maximum absolute atomic E-state index is 13.1. The Labute approximate surface area is 215 Å². The molecule has 0 radical (unpaired) electrons. The number of piperidine rings is 1. The predicted octanol–water partition coefficient (Wildman–Crippen LogP) is 4.08. The summed E-state index contributed by atoms with van der Waals surface area (Å²) in [5.74, 6) is 0.411. The first-order valence-corrected chi connectivity index (χ1v) is 12.3. The minimum atomic E-state index is -0.253. The first kappa shape index (κ1) is 24.5. The first-order chi connectivity index (χ1) is 18.0. The van der Waals surface area contributed by atoms with E-state index < -0.39 is 0 Å². The average molecular weight is 499 g/mol. The van der Waals surface area contributed by atoms with Gasteiger partial charge < -0.3 is 20.3 Å². The number of hydrogen-bond donors (Lipinski definition) is 3. The lowest BCUT2D eigenvalue weighted by Crippen LogP contribution is -2.43. The SMILES string of the molecule is COc1ccccc1-c1[nH]nc2ncc(-c3ccc(NC(=O)[C@@H]4CCCCN4)c(C(=O)N(C)C)c3)cc12. The van der Waals surface area contributed by atoms with E-state index in [0.717, 1.165) is 59.3 Å². The highest BCUT2D eigenvalue weighted by molar-refractivity contribution is 6.06. The number of fused-ring (bicyclic) bond motifs is 1. The molecule has 1 saturated heterocycles. The van der Waals surface area contributed by atoms with Crippen LogP contribution in [0.3, 0.4) is 0 Å². The van der Waals surface area contributed by atoms with Crippen molar-refractivity contribution in [1.82, 2.24) is 25.4 Å². The molecule has 1 fully saturated rings. The van der Waals surface area contributed by atoms with Gasteiger partial charge in [-0.1, -0.05) is 24.6 Å². The summed E-state index contributed by atoms with van der Waals surface area (Å²) in [5, 5.41) is 14.5. The highest BCUT2D eigenvalue weighted by Crippen LogP contribution is 2.35. The van der Waals surface area contributed by atoms with E-state index in [0.29, 0.717) is 16.9 Å². The standard InChI is InChI=1S/C28H30N6O3/c1-34(2)28(36)20-14-17(11-12-22(20)31-27(35)23-9-6-7-13-29-23)18-15-21-25(32-33-26(21)30-16-18)19-8-4-5-10-24(19)37-3/h4-5,8,10-12,14-16,23,29H,6-7,9,13H2,1-3H3,(H,31,35)(H,30,32,33)/t23-/m0/s1. The van der Waals surface area contributed by atoms with E-state index in [1.807, 2.05) is 36.4 Å². The molecule has 5 rings (SSSR count). The maximum atomic E-state index is 13.1. The molecular formula is C28H30N6O3. The molecule has 3 N–H and O–H groups in total. The van der Waals surface area contributed by atoms with Gasteiger partial charge in [0.25, 0.3) is 5.91 Å². The molecule has 4 aromatic rings. The number of methoxy groups -OCH3 is 1. The van der Waals surface area contributed by atoms with E-state index in [4.69, 9.17) is 4.74 Å². The van der Waals surface area contributed by atoms with Crippen LogP contribution in [0, 0.1) is 0 Å². The van der Waals surface area contributed by atoms with Crippen LogP contribution >= 0.6 is 0 Å². The van der Waals surface area contributed by atoms with Gasteiger partial charge >= 0.3 is 0 Å². The van der Waals surface area contributed by atoms with E-state index in [9.17, 15) is 9.59 Å². The van der Waals surface area contributed by atoms with Crippen molar-refractivity contribution in [3.63, 3.8) is 0 Å². The number of aromatic nitrogens is 3. The molecule has 0 spiro atoms. The zero-order valence-electron chi connectivity index (χ0n) is 21.2. The Kier molecular flexibility index (Phi) is 6.87. The van der Waals surface area contributed by atoms with Crippen molar-refractivity contribution in [1.29, 1.82) is 0 Å². The third-order valence-electron chi connectivity index (χ3n) is 6.66. The van der Waals surface area contributed by atoms with Crippen molar-refractivity contribution in [2.24, 2.45) is 0 Å². The number of pyridine rings is 1. The van der Waals surface area contributed by atoms with Gasteiger partial charge in [-0.05, 0) is 55.3 Å². The fraction of sp³-hybridized carbons (Fsp3) is 0.286. The van der Waals surface area contributed by atoms with Crippen LogP contribution in [0.25, 0.3) is 33.4 Å². The Bertz CT molecular complexity index is 1460. The van der Waals surface area contributed by atoms with Crippen molar-refractivity contribution in [3.05, 3.63) is 60.3 Å². The zero-order valence-corrected chi connectivity index (χ0v) is 21.2. The largest absolute Gasteiger partial charge is 0.496 e. The maximum Gasteiger partial charge on any atom is 0.255 e. The number of hydrogen-bond acceptors (Lipinski definition) is 6. The van der Waals surface area contributed by atoms with E-state index in [1.165, 1.54) is 4.90 Å². The second-order valence-electron chi connectivity index (χ2n) is 9.35. The summed E-state index contributed by atoms with van der Waals surface area (Å²) in [6.07, 6.45) is 4.59. The third kappa shape index (κ3) is 4.90. The highest BCUT2D eigenvalue weighted by Gasteiger charge is 2.23. The fourth-order valence-corrected chi connectivity index (χ4v) is 4.66. The van der Waals surface area contributed by atoms with Gasteiger partial charge in [0.15, 0.2) is 5.65 Å². The number of ether oxygens (including phenoxy) is 1. The summed E-state index contributed by atoms with van der Waals surface area (Å²) in [5.41, 5.74) is 4.80. The molecule has 9 nitrogen and oxygen atoms in total. The molecule has 2 amide bonds. The first-order valence-electron chi connectivity index (χ1n) is 12.3. The fourth-order valence-electron chi connectivity index (χ4n) is 4.66. The molecule has 0 bridgehead atoms. The molecular weight excluding hydrogens is 468 g/mol. The molecule has 190 valence electrons. The molecule has 0 unspecified atom stereocenters. The molecule has 1 aliphatic heterocycles. The number of carbonyl (C=O) groups excluding carboxylic acids is 2. The Hall–Kier alpha value is -4.24. The second-order valence-corrected chi connectivity index (χ2v) is 9.35. The van der Waals surface area contributed by atoms with Crippen LogP contribution in [0.15, 0.2) is 54.7 Å². The van der Waals surface area contributed by atoms with Crippen LogP contribution < -0.4 is 15.4 Å². The van der Waals surface area contributed by atoms with Crippen LogP contribution in [0.1, 0.15) is 29.6 Å². The summed E-state index contributed by atoms with van der Waals surface area (Å²) in [7, 11) is 5.03. The molecule has 1 aliphatic rings. The highest BCUT2D eigenvalue weighted by atomic mass is 16.5. The Morgan fingerprint density at radius 1 is 1.08 bits per heavy atom. The lowest BCUT2D eigenvalue weighted by atomic mass is 9.99. The number of nitrogens with one attached hydrogen (secondary N) is 3. The van der Waals surface area contributed by atoms with Crippen LogP contribution in [0.4, 0.5) is 5.69 Å². The van der Waals surface area contributed by atoms with Crippen molar-refractivity contribution >= 4 is 28.5 Å². The molecule has 9 heteroatoms. The van der Waals surface area contributed by atoms with Gasteiger partial charge in [-0.25, -0.2) is 4.98 Å². The molecule has 3 heterocycles. The molecule has 37 heavy (non-hydrogen) atoms. The summed E-state index contributed by atoms with van der Waals surface area (Å²) in [6.45, 7) is 0.820. The summed E-state index contributed by atoms with van der Waals surface area (Å²) < 4.78 is 5.54. The van der Waals surface area contributed by atoms with Crippen LogP contribution in [-0.2, 0) is 4.79 Å². The smallest absolute Gasteiger partial charge is 0.255 e. The number of aromatic amines is 1. The van der Waals surface area contributed by atoms with Crippen LogP contribution in [-0.4, -0.2) is 65.7 Å². The number of H-pyrrole nitrogens is 1. The number of nitrogens with zero attached hydrogens (tertiary/aromatic N) is 3. The van der Waals surface area contributed by atoms with Gasteiger partial charge in [0.05, 0.1) is 30.1 Å². The van der Waals surface area contributed by atoms with Crippen LogP contribution in [0.2, 0.25) is 0 Å². The number of amides is 2. The number of carbonyl (C=O) groups is 2. The van der Waals surface area contributed by atoms with Crippen molar-refractivity contribution in [2.45, 2.75) is 25.3 Å².